The monoisotopic (exact) mass is 357 g/mol. The van der Waals surface area contributed by atoms with Gasteiger partial charge < -0.3 is 4.42 Å². The highest BCUT2D eigenvalue weighted by Crippen LogP contribution is 2.19. The quantitative estimate of drug-likeness (QED) is 0.719. The summed E-state index contributed by atoms with van der Waals surface area (Å²) in [6.45, 7) is 5.37. The van der Waals surface area contributed by atoms with Crippen LogP contribution in [-0.2, 0) is 13.2 Å². The fourth-order valence-electron chi connectivity index (χ4n) is 3.30. The Labute approximate surface area is 151 Å². The first kappa shape index (κ1) is 16.4. The van der Waals surface area contributed by atoms with Crippen molar-refractivity contribution in [2.75, 3.05) is 26.2 Å². The number of benzene rings is 2. The van der Waals surface area contributed by atoms with Crippen molar-refractivity contribution < 1.29 is 4.42 Å². The SMILES string of the molecule is O=c1oc2cc(Cl)ccc2n1CN1CCN(Cc2ccccc2)CC1. The fraction of sp³-hybridized carbons (Fsp3) is 0.316. The maximum absolute atomic E-state index is 12.1. The van der Waals surface area contributed by atoms with Gasteiger partial charge in [0.15, 0.2) is 5.58 Å². The second-order valence-electron chi connectivity index (χ2n) is 6.43. The summed E-state index contributed by atoms with van der Waals surface area (Å²) < 4.78 is 6.99. The van der Waals surface area contributed by atoms with Gasteiger partial charge in [-0.1, -0.05) is 41.9 Å². The van der Waals surface area contributed by atoms with E-state index in [2.05, 4.69) is 34.1 Å². The second-order valence-corrected chi connectivity index (χ2v) is 6.87. The van der Waals surface area contributed by atoms with Crippen molar-refractivity contribution in [3.8, 4) is 0 Å². The summed E-state index contributed by atoms with van der Waals surface area (Å²) in [4.78, 5) is 16.9. The summed E-state index contributed by atoms with van der Waals surface area (Å²) in [5.74, 6) is -0.330. The Balaban J connectivity index is 1.41. The van der Waals surface area contributed by atoms with Crippen molar-refractivity contribution in [3.05, 3.63) is 69.7 Å². The third-order valence-corrected chi connectivity index (χ3v) is 4.92. The van der Waals surface area contributed by atoms with Crippen LogP contribution in [0.25, 0.3) is 11.1 Å². The predicted octanol–water partition coefficient (Wildman–Crippen LogP) is 3.02. The summed E-state index contributed by atoms with van der Waals surface area (Å²) in [6.07, 6.45) is 0. The largest absolute Gasteiger partial charge is 0.421 e. The average molecular weight is 358 g/mol. The number of rotatable bonds is 4. The molecule has 1 aliphatic rings. The molecule has 0 amide bonds. The zero-order chi connectivity index (χ0) is 17.2. The first-order chi connectivity index (χ1) is 12.2. The van der Waals surface area contributed by atoms with Gasteiger partial charge in [-0.15, -0.1) is 0 Å². The molecule has 6 heteroatoms. The van der Waals surface area contributed by atoms with Crippen molar-refractivity contribution in [2.24, 2.45) is 0 Å². The van der Waals surface area contributed by atoms with Gasteiger partial charge in [-0.25, -0.2) is 4.79 Å². The minimum absolute atomic E-state index is 0.330. The van der Waals surface area contributed by atoms with Crippen molar-refractivity contribution in [3.63, 3.8) is 0 Å². The molecule has 1 fully saturated rings. The molecule has 1 aromatic heterocycles. The standard InChI is InChI=1S/C19H20ClN3O2/c20-16-6-7-17-18(12-16)25-19(24)23(17)14-22-10-8-21(9-11-22)13-15-4-2-1-3-5-15/h1-7,12H,8-11,13-14H2. The molecular formula is C19H20ClN3O2. The predicted molar refractivity (Wildman–Crippen MR) is 98.8 cm³/mol. The van der Waals surface area contributed by atoms with Gasteiger partial charge in [0.2, 0.25) is 0 Å². The molecule has 0 bridgehead atoms. The van der Waals surface area contributed by atoms with Crippen molar-refractivity contribution in [1.82, 2.24) is 14.4 Å². The molecule has 130 valence electrons. The number of nitrogens with zero attached hydrogens (tertiary/aromatic N) is 3. The van der Waals surface area contributed by atoms with E-state index in [-0.39, 0.29) is 5.76 Å². The Hall–Kier alpha value is -2.08. The molecule has 0 N–H and O–H groups in total. The maximum Gasteiger partial charge on any atom is 0.421 e. The molecule has 0 aliphatic carbocycles. The van der Waals surface area contributed by atoms with E-state index in [1.165, 1.54) is 5.56 Å². The fourth-order valence-corrected chi connectivity index (χ4v) is 3.47. The van der Waals surface area contributed by atoms with Gasteiger partial charge >= 0.3 is 5.76 Å². The number of fused-ring (bicyclic) bond motifs is 1. The van der Waals surface area contributed by atoms with Crippen LogP contribution in [0.3, 0.4) is 0 Å². The Morgan fingerprint density at radius 2 is 1.68 bits per heavy atom. The van der Waals surface area contributed by atoms with E-state index >= 15 is 0 Å². The summed E-state index contributed by atoms with van der Waals surface area (Å²) >= 11 is 5.97. The molecule has 0 spiro atoms. The smallest absolute Gasteiger partial charge is 0.408 e. The summed E-state index contributed by atoms with van der Waals surface area (Å²) in [5.41, 5.74) is 2.67. The van der Waals surface area contributed by atoms with Crippen molar-refractivity contribution in [1.29, 1.82) is 0 Å². The van der Waals surface area contributed by atoms with Crippen LogP contribution < -0.4 is 5.76 Å². The van der Waals surface area contributed by atoms with Crippen LogP contribution in [0.4, 0.5) is 0 Å². The van der Waals surface area contributed by atoms with E-state index in [9.17, 15) is 4.79 Å². The first-order valence-electron chi connectivity index (χ1n) is 8.46. The van der Waals surface area contributed by atoms with Gasteiger partial charge in [0.1, 0.15) is 0 Å². The summed E-state index contributed by atoms with van der Waals surface area (Å²) in [7, 11) is 0. The number of piperazine rings is 1. The minimum atomic E-state index is -0.330. The van der Waals surface area contributed by atoms with Gasteiger partial charge in [0, 0.05) is 43.8 Å². The van der Waals surface area contributed by atoms with E-state index < -0.39 is 0 Å². The van der Waals surface area contributed by atoms with Gasteiger partial charge in [0.05, 0.1) is 12.2 Å². The lowest BCUT2D eigenvalue weighted by Gasteiger charge is -2.34. The molecule has 25 heavy (non-hydrogen) atoms. The molecule has 0 atom stereocenters. The number of halogens is 1. The number of oxazole rings is 1. The molecule has 4 rings (SSSR count). The van der Waals surface area contributed by atoms with Crippen LogP contribution in [0.5, 0.6) is 0 Å². The normalized spacial score (nSPS) is 16.5. The Kier molecular flexibility index (Phi) is 4.61. The lowest BCUT2D eigenvalue weighted by Crippen LogP contribution is -2.47. The lowest BCUT2D eigenvalue weighted by atomic mass is 10.2. The zero-order valence-corrected chi connectivity index (χ0v) is 14.7. The highest BCUT2D eigenvalue weighted by molar-refractivity contribution is 6.31. The molecule has 3 aromatic rings. The van der Waals surface area contributed by atoms with Gasteiger partial charge in [-0.2, -0.15) is 0 Å². The molecule has 2 heterocycles. The average Bonchev–Trinajstić information content (AvgIpc) is 2.92. The van der Waals surface area contributed by atoms with Crippen LogP contribution >= 0.6 is 11.6 Å². The first-order valence-corrected chi connectivity index (χ1v) is 8.84. The Bertz CT molecular complexity index is 911. The highest BCUT2D eigenvalue weighted by atomic mass is 35.5. The molecular weight excluding hydrogens is 338 g/mol. The van der Waals surface area contributed by atoms with Crippen molar-refractivity contribution in [2.45, 2.75) is 13.2 Å². The summed E-state index contributed by atoms with van der Waals surface area (Å²) in [5, 5.41) is 0.572. The van der Waals surface area contributed by atoms with Crippen LogP contribution in [-0.4, -0.2) is 40.5 Å². The molecule has 5 nitrogen and oxygen atoms in total. The van der Waals surface area contributed by atoms with Crippen molar-refractivity contribution >= 4 is 22.7 Å². The van der Waals surface area contributed by atoms with E-state index in [0.717, 1.165) is 38.2 Å². The Morgan fingerprint density at radius 3 is 2.44 bits per heavy atom. The third-order valence-electron chi connectivity index (χ3n) is 4.69. The topological polar surface area (TPSA) is 41.6 Å². The zero-order valence-electron chi connectivity index (χ0n) is 13.9. The molecule has 1 saturated heterocycles. The van der Waals surface area contributed by atoms with Gasteiger partial charge in [-0.05, 0) is 17.7 Å². The molecule has 2 aromatic carbocycles. The third kappa shape index (κ3) is 3.63. The number of hydrogen-bond acceptors (Lipinski definition) is 4. The molecule has 0 saturated carbocycles. The van der Waals surface area contributed by atoms with Gasteiger partial charge in [0.25, 0.3) is 0 Å². The van der Waals surface area contributed by atoms with Crippen LogP contribution in [0.15, 0.2) is 57.7 Å². The second kappa shape index (κ2) is 7.04. The molecule has 1 aliphatic heterocycles. The van der Waals surface area contributed by atoms with Crippen LogP contribution in [0.2, 0.25) is 5.02 Å². The van der Waals surface area contributed by atoms with Crippen LogP contribution in [0.1, 0.15) is 5.56 Å². The van der Waals surface area contributed by atoms with Gasteiger partial charge in [-0.3, -0.25) is 14.4 Å². The van der Waals surface area contributed by atoms with E-state index in [1.54, 1.807) is 16.7 Å². The molecule has 0 unspecified atom stereocenters. The minimum Gasteiger partial charge on any atom is -0.408 e. The van der Waals surface area contributed by atoms with E-state index in [1.807, 2.05) is 12.1 Å². The van der Waals surface area contributed by atoms with E-state index in [4.69, 9.17) is 16.0 Å². The highest BCUT2D eigenvalue weighted by Gasteiger charge is 2.19. The molecule has 0 radical (unpaired) electrons. The van der Waals surface area contributed by atoms with E-state index in [0.29, 0.717) is 17.3 Å². The van der Waals surface area contributed by atoms with Crippen LogP contribution in [0, 0.1) is 0 Å². The maximum atomic E-state index is 12.1. The summed E-state index contributed by atoms with van der Waals surface area (Å²) in [6, 6.07) is 15.8. The Morgan fingerprint density at radius 1 is 0.960 bits per heavy atom. The lowest BCUT2D eigenvalue weighted by molar-refractivity contribution is 0.102. The number of hydrogen-bond donors (Lipinski definition) is 0. The number of aromatic nitrogens is 1.